The van der Waals surface area contributed by atoms with Gasteiger partial charge in [0, 0.05) is 20.0 Å². The number of hydrogen-bond acceptors (Lipinski definition) is 7. The number of carbonyl (C=O) groups is 1. The molecule has 1 atom stereocenters. The zero-order valence-electron chi connectivity index (χ0n) is 15.3. The summed E-state index contributed by atoms with van der Waals surface area (Å²) in [6, 6.07) is 5.60. The highest BCUT2D eigenvalue weighted by atomic mass is 19.1. The van der Waals surface area contributed by atoms with E-state index in [2.05, 4.69) is 20.5 Å². The van der Waals surface area contributed by atoms with Gasteiger partial charge in [0.25, 0.3) is 5.91 Å². The maximum absolute atomic E-state index is 12.9. The van der Waals surface area contributed by atoms with Crippen LogP contribution in [-0.2, 0) is 4.79 Å². The van der Waals surface area contributed by atoms with E-state index in [-0.39, 0.29) is 24.4 Å². The van der Waals surface area contributed by atoms with Crippen LogP contribution in [0.5, 0.6) is 5.75 Å². The Kier molecular flexibility index (Phi) is 5.00. The second-order valence-electron chi connectivity index (χ2n) is 6.60. The number of nitrogens with zero attached hydrogens (tertiary/aromatic N) is 6. The molecule has 146 valence electrons. The molecule has 3 heterocycles. The van der Waals surface area contributed by atoms with Crippen molar-refractivity contribution < 1.29 is 18.4 Å². The van der Waals surface area contributed by atoms with Crippen LogP contribution < -0.4 is 4.74 Å². The molecule has 1 aliphatic heterocycles. The van der Waals surface area contributed by atoms with Gasteiger partial charge in [0.2, 0.25) is 11.7 Å². The molecule has 28 heavy (non-hydrogen) atoms. The third kappa shape index (κ3) is 4.00. The molecule has 0 radical (unpaired) electrons. The van der Waals surface area contributed by atoms with Crippen molar-refractivity contribution in [3.63, 3.8) is 0 Å². The summed E-state index contributed by atoms with van der Waals surface area (Å²) in [5.74, 6) is 0.837. The van der Waals surface area contributed by atoms with Gasteiger partial charge in [0.1, 0.15) is 11.6 Å². The fourth-order valence-corrected chi connectivity index (χ4v) is 3.13. The number of piperidine rings is 1. The van der Waals surface area contributed by atoms with E-state index < -0.39 is 0 Å². The van der Waals surface area contributed by atoms with Crippen molar-refractivity contribution in [2.24, 2.45) is 0 Å². The van der Waals surface area contributed by atoms with Crippen LogP contribution in [0.4, 0.5) is 4.39 Å². The Balaban J connectivity index is 1.36. The van der Waals surface area contributed by atoms with Crippen molar-refractivity contribution in [2.75, 3.05) is 19.7 Å². The average Bonchev–Trinajstić information content (AvgIpc) is 3.36. The Bertz CT molecular complexity index is 954. The monoisotopic (exact) mass is 386 g/mol. The van der Waals surface area contributed by atoms with Gasteiger partial charge in [-0.2, -0.15) is 4.98 Å². The van der Waals surface area contributed by atoms with Gasteiger partial charge in [-0.3, -0.25) is 4.79 Å². The van der Waals surface area contributed by atoms with Gasteiger partial charge in [-0.15, -0.1) is 5.10 Å². The minimum Gasteiger partial charge on any atom is -0.484 e. The molecule has 0 N–H and O–H groups in total. The van der Waals surface area contributed by atoms with Gasteiger partial charge in [0.15, 0.2) is 12.3 Å². The molecule has 2 aromatic heterocycles. The number of amides is 1. The number of rotatable bonds is 5. The van der Waals surface area contributed by atoms with E-state index >= 15 is 0 Å². The molecule has 9 nitrogen and oxygen atoms in total. The summed E-state index contributed by atoms with van der Waals surface area (Å²) in [7, 11) is 0. The molecular formula is C18H19FN6O3. The Hall–Kier alpha value is -3.30. The lowest BCUT2D eigenvalue weighted by atomic mass is 10.1. The lowest BCUT2D eigenvalue weighted by Gasteiger charge is -2.32. The molecule has 3 aromatic rings. The van der Waals surface area contributed by atoms with Crippen LogP contribution in [0.3, 0.4) is 0 Å². The number of ether oxygens (including phenoxy) is 1. The quantitative estimate of drug-likeness (QED) is 0.661. The predicted octanol–water partition coefficient (Wildman–Crippen LogP) is 2.02. The third-order valence-corrected chi connectivity index (χ3v) is 4.57. The molecule has 4 rings (SSSR count). The normalized spacial score (nSPS) is 16.9. The van der Waals surface area contributed by atoms with Gasteiger partial charge in [0.05, 0.1) is 12.2 Å². The van der Waals surface area contributed by atoms with Gasteiger partial charge in [-0.1, -0.05) is 10.4 Å². The minimum absolute atomic E-state index is 0.0118. The summed E-state index contributed by atoms with van der Waals surface area (Å²) < 4.78 is 25.1. The van der Waals surface area contributed by atoms with Crippen molar-refractivity contribution in [3.05, 3.63) is 42.2 Å². The molecule has 10 heteroatoms. The summed E-state index contributed by atoms with van der Waals surface area (Å²) in [4.78, 5) is 18.4. The summed E-state index contributed by atoms with van der Waals surface area (Å²) in [6.45, 7) is 2.79. The SMILES string of the molecule is Cc1nc(-c2cn(C3CCCN(C(=O)COc4ccc(F)cc4)C3)nn2)no1. The van der Waals surface area contributed by atoms with Gasteiger partial charge in [-0.25, -0.2) is 9.07 Å². The molecule has 0 aliphatic carbocycles. The van der Waals surface area contributed by atoms with E-state index in [9.17, 15) is 9.18 Å². The second kappa shape index (κ2) is 7.75. The topological polar surface area (TPSA) is 99.2 Å². The smallest absolute Gasteiger partial charge is 0.260 e. The highest BCUT2D eigenvalue weighted by Gasteiger charge is 2.26. The largest absolute Gasteiger partial charge is 0.484 e. The summed E-state index contributed by atoms with van der Waals surface area (Å²) in [5.41, 5.74) is 0.528. The standard InChI is InChI=1S/C18H19FN6O3/c1-12-20-18(22-28-12)16-10-25(23-21-16)14-3-2-8-24(9-14)17(26)11-27-15-6-4-13(19)5-7-15/h4-7,10,14H,2-3,8-9,11H2,1H3. The average molecular weight is 386 g/mol. The predicted molar refractivity (Wildman–Crippen MR) is 94.8 cm³/mol. The van der Waals surface area contributed by atoms with Gasteiger partial charge in [-0.05, 0) is 37.1 Å². The van der Waals surface area contributed by atoms with Crippen LogP contribution in [0.15, 0.2) is 35.0 Å². The van der Waals surface area contributed by atoms with E-state index in [1.54, 1.807) is 22.7 Å². The Morgan fingerprint density at radius 3 is 2.93 bits per heavy atom. The van der Waals surface area contributed by atoms with Crippen LogP contribution >= 0.6 is 0 Å². The van der Waals surface area contributed by atoms with Crippen molar-refractivity contribution in [3.8, 4) is 17.3 Å². The fourth-order valence-electron chi connectivity index (χ4n) is 3.13. The minimum atomic E-state index is -0.347. The van der Waals surface area contributed by atoms with Crippen molar-refractivity contribution >= 4 is 5.91 Å². The zero-order chi connectivity index (χ0) is 19.5. The molecule has 0 saturated carbocycles. The highest BCUT2D eigenvalue weighted by molar-refractivity contribution is 5.77. The number of aryl methyl sites for hydroxylation is 1. The molecule has 1 aliphatic rings. The Morgan fingerprint density at radius 1 is 1.36 bits per heavy atom. The molecule has 0 bridgehead atoms. The number of hydrogen-bond donors (Lipinski definition) is 0. The first-order chi connectivity index (χ1) is 13.6. The van der Waals surface area contributed by atoms with Crippen LogP contribution in [0.2, 0.25) is 0 Å². The Morgan fingerprint density at radius 2 is 2.18 bits per heavy atom. The van der Waals surface area contributed by atoms with Crippen molar-refractivity contribution in [1.82, 2.24) is 30.0 Å². The number of aromatic nitrogens is 5. The first kappa shape index (κ1) is 18.1. The highest BCUT2D eigenvalue weighted by Crippen LogP contribution is 2.23. The zero-order valence-corrected chi connectivity index (χ0v) is 15.3. The molecule has 1 fully saturated rings. The fraction of sp³-hybridized carbons (Fsp3) is 0.389. The number of carbonyl (C=O) groups excluding carboxylic acids is 1. The first-order valence-corrected chi connectivity index (χ1v) is 8.97. The van der Waals surface area contributed by atoms with Crippen molar-refractivity contribution in [2.45, 2.75) is 25.8 Å². The lowest BCUT2D eigenvalue weighted by Crippen LogP contribution is -2.43. The molecule has 1 saturated heterocycles. The van der Waals surface area contributed by atoms with E-state index in [0.717, 1.165) is 12.8 Å². The maximum atomic E-state index is 12.9. The molecule has 1 amide bonds. The number of likely N-dealkylation sites (tertiary alicyclic amines) is 1. The number of halogens is 1. The molecule has 1 aromatic carbocycles. The third-order valence-electron chi connectivity index (χ3n) is 4.57. The van der Waals surface area contributed by atoms with Crippen LogP contribution in [0, 0.1) is 12.7 Å². The second-order valence-corrected chi connectivity index (χ2v) is 6.60. The van der Waals surface area contributed by atoms with Crippen LogP contribution in [0.1, 0.15) is 24.8 Å². The van der Waals surface area contributed by atoms with E-state index in [0.29, 0.717) is 36.2 Å². The van der Waals surface area contributed by atoms with Gasteiger partial charge >= 0.3 is 0 Å². The first-order valence-electron chi connectivity index (χ1n) is 8.97. The lowest BCUT2D eigenvalue weighted by molar-refractivity contribution is -0.135. The number of benzene rings is 1. The van der Waals surface area contributed by atoms with E-state index in [1.807, 2.05) is 0 Å². The van der Waals surface area contributed by atoms with Crippen LogP contribution in [0.25, 0.3) is 11.5 Å². The van der Waals surface area contributed by atoms with E-state index in [4.69, 9.17) is 9.26 Å². The maximum Gasteiger partial charge on any atom is 0.260 e. The van der Waals surface area contributed by atoms with Crippen LogP contribution in [-0.4, -0.2) is 55.6 Å². The summed E-state index contributed by atoms with van der Waals surface area (Å²) in [5, 5.41) is 12.1. The molecule has 0 spiro atoms. The van der Waals surface area contributed by atoms with Crippen molar-refractivity contribution in [1.29, 1.82) is 0 Å². The van der Waals surface area contributed by atoms with E-state index in [1.165, 1.54) is 24.3 Å². The van der Waals surface area contributed by atoms with Gasteiger partial charge < -0.3 is 14.2 Å². The summed E-state index contributed by atoms with van der Waals surface area (Å²) in [6.07, 6.45) is 3.50. The molecular weight excluding hydrogens is 367 g/mol. The molecule has 1 unspecified atom stereocenters. The summed E-state index contributed by atoms with van der Waals surface area (Å²) >= 11 is 0. The Labute approximate surface area is 160 Å².